The van der Waals surface area contributed by atoms with Gasteiger partial charge in [-0.2, -0.15) is 0 Å². The molecule has 0 spiro atoms. The average Bonchev–Trinajstić information content (AvgIpc) is 3.17. The van der Waals surface area contributed by atoms with E-state index < -0.39 is 0 Å². The largest absolute Gasteiger partial charge is 0.493 e. The lowest BCUT2D eigenvalue weighted by Gasteiger charge is -2.12. The lowest BCUT2D eigenvalue weighted by Crippen LogP contribution is -1.95. The molecule has 0 aliphatic heterocycles. The Morgan fingerprint density at radius 2 is 0.440 bits per heavy atom. The SMILES string of the molecule is COc1cc(/C=C/c2ccc(/C=C/c3ccc(/C=C/c4ccc(/C=C/c5cc(OC)c(OC)c(OC)c5)cc4)cc3)cc2)cc(OC)c1OC. The van der Waals surface area contributed by atoms with Crippen molar-refractivity contribution in [3.05, 3.63) is 142 Å². The summed E-state index contributed by atoms with van der Waals surface area (Å²) in [5, 5.41) is 0. The van der Waals surface area contributed by atoms with Gasteiger partial charge in [0.25, 0.3) is 0 Å². The maximum absolute atomic E-state index is 5.46. The van der Waals surface area contributed by atoms with E-state index in [1.807, 2.05) is 36.4 Å². The van der Waals surface area contributed by atoms with Crippen molar-refractivity contribution < 1.29 is 28.4 Å². The van der Waals surface area contributed by atoms with E-state index >= 15 is 0 Å². The summed E-state index contributed by atoms with van der Waals surface area (Å²) in [6.07, 6.45) is 16.7. The second kappa shape index (κ2) is 17.3. The van der Waals surface area contributed by atoms with Crippen LogP contribution in [0.4, 0.5) is 0 Å². The Kier molecular flexibility index (Phi) is 12.2. The summed E-state index contributed by atoms with van der Waals surface area (Å²) in [4.78, 5) is 0. The fourth-order valence-electron chi connectivity index (χ4n) is 5.32. The molecule has 0 atom stereocenters. The van der Waals surface area contributed by atoms with Crippen molar-refractivity contribution in [2.24, 2.45) is 0 Å². The van der Waals surface area contributed by atoms with Gasteiger partial charge in [0.2, 0.25) is 11.5 Å². The lowest BCUT2D eigenvalue weighted by atomic mass is 10.1. The predicted octanol–water partition coefficient (Wildman–Crippen LogP) is 10.4. The fraction of sp³-hybridized carbons (Fsp3) is 0.136. The first-order chi connectivity index (χ1) is 24.5. The van der Waals surface area contributed by atoms with E-state index in [0.717, 1.165) is 44.5 Å². The average molecular weight is 667 g/mol. The number of ether oxygens (including phenoxy) is 6. The van der Waals surface area contributed by atoms with Gasteiger partial charge in [-0.15, -0.1) is 0 Å². The molecule has 0 amide bonds. The molecule has 0 saturated carbocycles. The van der Waals surface area contributed by atoms with Crippen LogP contribution in [0.5, 0.6) is 34.5 Å². The van der Waals surface area contributed by atoms with Crippen LogP contribution in [0.15, 0.2) is 97.1 Å². The van der Waals surface area contributed by atoms with Gasteiger partial charge >= 0.3 is 0 Å². The summed E-state index contributed by atoms with van der Waals surface area (Å²) in [5.74, 6) is 3.66. The van der Waals surface area contributed by atoms with Crippen molar-refractivity contribution in [1.82, 2.24) is 0 Å². The number of methoxy groups -OCH3 is 6. The van der Waals surface area contributed by atoms with Crippen molar-refractivity contribution in [3.8, 4) is 34.5 Å². The van der Waals surface area contributed by atoms with E-state index in [4.69, 9.17) is 28.4 Å². The van der Waals surface area contributed by atoms with Gasteiger partial charge < -0.3 is 28.4 Å². The first-order valence-electron chi connectivity index (χ1n) is 16.1. The van der Waals surface area contributed by atoms with E-state index in [0.29, 0.717) is 34.5 Å². The lowest BCUT2D eigenvalue weighted by molar-refractivity contribution is 0.324. The zero-order valence-corrected chi connectivity index (χ0v) is 29.3. The van der Waals surface area contributed by atoms with Crippen molar-refractivity contribution in [3.63, 3.8) is 0 Å². The van der Waals surface area contributed by atoms with Crippen molar-refractivity contribution in [2.75, 3.05) is 42.7 Å². The summed E-state index contributed by atoms with van der Waals surface area (Å²) in [6.45, 7) is 0. The van der Waals surface area contributed by atoms with Gasteiger partial charge in [0.1, 0.15) is 0 Å². The second-order valence-corrected chi connectivity index (χ2v) is 11.3. The number of benzene rings is 5. The highest BCUT2D eigenvalue weighted by molar-refractivity contribution is 5.77. The van der Waals surface area contributed by atoms with Gasteiger partial charge in [0.05, 0.1) is 42.7 Å². The van der Waals surface area contributed by atoms with Crippen LogP contribution in [0.25, 0.3) is 48.6 Å². The summed E-state index contributed by atoms with van der Waals surface area (Å²) >= 11 is 0. The van der Waals surface area contributed by atoms with Crippen LogP contribution in [-0.4, -0.2) is 42.7 Å². The summed E-state index contributed by atoms with van der Waals surface area (Å²) in [6, 6.07) is 33.0. The summed E-state index contributed by atoms with van der Waals surface area (Å²) < 4.78 is 32.7. The van der Waals surface area contributed by atoms with E-state index in [9.17, 15) is 0 Å². The number of hydrogen-bond donors (Lipinski definition) is 0. The first-order valence-corrected chi connectivity index (χ1v) is 16.1. The minimum absolute atomic E-state index is 0.580. The van der Waals surface area contributed by atoms with Crippen molar-refractivity contribution in [1.29, 1.82) is 0 Å². The van der Waals surface area contributed by atoms with Crippen LogP contribution in [-0.2, 0) is 0 Å². The Balaban J connectivity index is 1.16. The molecule has 6 heteroatoms. The zero-order valence-electron chi connectivity index (χ0n) is 29.3. The van der Waals surface area contributed by atoms with Crippen LogP contribution in [0.3, 0.4) is 0 Å². The molecule has 0 fully saturated rings. The quantitative estimate of drug-likeness (QED) is 0.110. The third kappa shape index (κ3) is 9.05. The molecule has 0 aromatic heterocycles. The zero-order chi connectivity index (χ0) is 35.3. The van der Waals surface area contributed by atoms with Gasteiger partial charge in [-0.3, -0.25) is 0 Å². The third-order valence-corrected chi connectivity index (χ3v) is 8.06. The molecular formula is C44H42O6. The van der Waals surface area contributed by atoms with Crippen LogP contribution in [0.2, 0.25) is 0 Å². The Morgan fingerprint density at radius 1 is 0.260 bits per heavy atom. The molecule has 5 rings (SSSR count). The maximum Gasteiger partial charge on any atom is 0.203 e. The third-order valence-electron chi connectivity index (χ3n) is 8.06. The maximum atomic E-state index is 5.46. The Bertz CT molecular complexity index is 1790. The minimum atomic E-state index is 0.580. The molecule has 0 unspecified atom stereocenters. The van der Waals surface area contributed by atoms with Gasteiger partial charge in [0.15, 0.2) is 23.0 Å². The Labute approximate surface area is 295 Å². The predicted molar refractivity (Wildman–Crippen MR) is 207 cm³/mol. The smallest absolute Gasteiger partial charge is 0.203 e. The normalized spacial score (nSPS) is 11.5. The molecule has 50 heavy (non-hydrogen) atoms. The van der Waals surface area contributed by atoms with Crippen molar-refractivity contribution >= 4 is 48.6 Å². The van der Waals surface area contributed by atoms with Crippen LogP contribution >= 0.6 is 0 Å². The molecule has 254 valence electrons. The van der Waals surface area contributed by atoms with E-state index in [2.05, 4.69) is 109 Å². The molecule has 5 aromatic carbocycles. The Hall–Kier alpha value is -6.14. The molecule has 0 radical (unpaired) electrons. The molecule has 6 nitrogen and oxygen atoms in total. The van der Waals surface area contributed by atoms with E-state index in [1.54, 1.807) is 42.7 Å². The molecule has 5 aromatic rings. The first kappa shape index (κ1) is 35.2. The molecule has 0 N–H and O–H groups in total. The minimum Gasteiger partial charge on any atom is -0.493 e. The number of rotatable bonds is 14. The standard InChI is InChI=1S/C44H42O6/c1-45-39-27-37(28-40(46-2)43(39)49-5)25-23-35-19-15-33(16-20-35)13-11-31-7-9-32(10-8-31)12-14-34-17-21-36(22-18-34)24-26-38-29-41(47-3)44(50-6)42(30-38)48-4/h7-30H,1-6H3/b13-11+,14-12+,25-23+,26-24+. The van der Waals surface area contributed by atoms with E-state index in [1.165, 1.54) is 0 Å². The number of hydrogen-bond acceptors (Lipinski definition) is 6. The topological polar surface area (TPSA) is 55.4 Å². The molecule has 0 saturated heterocycles. The van der Waals surface area contributed by atoms with Gasteiger partial charge in [0, 0.05) is 0 Å². The highest BCUT2D eigenvalue weighted by atomic mass is 16.5. The molecule has 0 heterocycles. The van der Waals surface area contributed by atoms with Crippen LogP contribution in [0, 0.1) is 0 Å². The fourth-order valence-corrected chi connectivity index (χ4v) is 5.32. The highest BCUT2D eigenvalue weighted by Crippen LogP contribution is 2.39. The van der Waals surface area contributed by atoms with Gasteiger partial charge in [-0.05, 0) is 68.8 Å². The summed E-state index contributed by atoms with van der Waals surface area (Å²) in [7, 11) is 9.67. The molecule has 0 aliphatic carbocycles. The second-order valence-electron chi connectivity index (χ2n) is 11.3. The van der Waals surface area contributed by atoms with Crippen LogP contribution in [0.1, 0.15) is 44.5 Å². The Morgan fingerprint density at radius 3 is 0.600 bits per heavy atom. The monoisotopic (exact) mass is 666 g/mol. The van der Waals surface area contributed by atoms with Gasteiger partial charge in [-0.1, -0.05) is 121 Å². The highest BCUT2D eigenvalue weighted by Gasteiger charge is 2.13. The molecular weight excluding hydrogens is 624 g/mol. The van der Waals surface area contributed by atoms with Crippen molar-refractivity contribution in [2.45, 2.75) is 0 Å². The summed E-state index contributed by atoms with van der Waals surface area (Å²) in [5.41, 5.74) is 8.62. The molecule has 0 aliphatic rings. The van der Waals surface area contributed by atoms with E-state index in [-0.39, 0.29) is 0 Å². The molecule has 0 bridgehead atoms. The van der Waals surface area contributed by atoms with Crippen LogP contribution < -0.4 is 28.4 Å². The van der Waals surface area contributed by atoms with Gasteiger partial charge in [-0.25, -0.2) is 0 Å².